The van der Waals surface area contributed by atoms with Gasteiger partial charge in [0.1, 0.15) is 0 Å². The first-order chi connectivity index (χ1) is 14.1. The first kappa shape index (κ1) is 22.0. The van der Waals surface area contributed by atoms with Gasteiger partial charge in [-0.25, -0.2) is 13.2 Å². The van der Waals surface area contributed by atoms with Gasteiger partial charge in [-0.3, -0.25) is 14.6 Å². The van der Waals surface area contributed by atoms with Gasteiger partial charge in [-0.15, -0.1) is 0 Å². The van der Waals surface area contributed by atoms with E-state index in [-0.39, 0.29) is 24.7 Å². The highest BCUT2D eigenvalue weighted by Crippen LogP contribution is 2.25. The van der Waals surface area contributed by atoms with Gasteiger partial charge in [0, 0.05) is 24.5 Å². The molecule has 0 bridgehead atoms. The van der Waals surface area contributed by atoms with E-state index in [2.05, 4.69) is 24.1 Å². The van der Waals surface area contributed by atoms with Crippen LogP contribution in [0, 0.1) is 12.8 Å². The van der Waals surface area contributed by atoms with Crippen LogP contribution in [0.4, 0.5) is 5.69 Å². The summed E-state index contributed by atoms with van der Waals surface area (Å²) in [6, 6.07) is 7.55. The molecular formula is C20H26N4O5S. The molecule has 0 radical (unpaired) electrons. The third-order valence-corrected chi connectivity index (χ3v) is 7.29. The highest BCUT2D eigenvalue weighted by molar-refractivity contribution is 7.89. The summed E-state index contributed by atoms with van der Waals surface area (Å²) in [6.07, 6.45) is 1.03. The lowest BCUT2D eigenvalue weighted by Crippen LogP contribution is -2.45. The van der Waals surface area contributed by atoms with Gasteiger partial charge in [0.25, 0.3) is 5.56 Å². The maximum absolute atomic E-state index is 13.0. The summed E-state index contributed by atoms with van der Waals surface area (Å²) in [7, 11) is -4.16. The van der Waals surface area contributed by atoms with Gasteiger partial charge in [-0.05, 0) is 43.4 Å². The summed E-state index contributed by atoms with van der Waals surface area (Å²) in [5, 5.41) is 2.84. The Kier molecular flexibility index (Phi) is 6.27. The Morgan fingerprint density at radius 2 is 1.83 bits per heavy atom. The van der Waals surface area contributed by atoms with Crippen molar-refractivity contribution in [2.75, 3.05) is 18.4 Å². The lowest BCUT2D eigenvalue weighted by atomic mass is 9.98. The molecule has 162 valence electrons. The van der Waals surface area contributed by atoms with E-state index in [4.69, 9.17) is 0 Å². The number of anilines is 1. The fourth-order valence-corrected chi connectivity index (χ4v) is 5.33. The number of hydrogen-bond donors (Lipinski definition) is 3. The van der Waals surface area contributed by atoms with Crippen molar-refractivity contribution in [3.63, 3.8) is 0 Å². The van der Waals surface area contributed by atoms with E-state index in [0.717, 1.165) is 9.87 Å². The molecule has 10 heteroatoms. The van der Waals surface area contributed by atoms with Gasteiger partial charge in [0.2, 0.25) is 15.9 Å². The van der Waals surface area contributed by atoms with E-state index in [1.165, 1.54) is 6.92 Å². The molecule has 1 fully saturated rings. The van der Waals surface area contributed by atoms with E-state index in [0.29, 0.717) is 24.4 Å². The molecule has 2 heterocycles. The molecule has 30 heavy (non-hydrogen) atoms. The number of nitrogens with one attached hydrogen (secondary N) is 3. The number of carbonyl (C=O) groups excluding carboxylic acids is 1. The first-order valence-corrected chi connectivity index (χ1v) is 11.3. The van der Waals surface area contributed by atoms with Crippen molar-refractivity contribution in [3.8, 4) is 0 Å². The number of rotatable bonds is 5. The van der Waals surface area contributed by atoms with Gasteiger partial charge in [0.05, 0.1) is 5.92 Å². The molecule has 1 atom stereocenters. The minimum Gasteiger partial charge on any atom is -0.326 e. The molecule has 9 nitrogen and oxygen atoms in total. The van der Waals surface area contributed by atoms with Crippen LogP contribution in [-0.2, 0) is 14.8 Å². The van der Waals surface area contributed by atoms with Crippen LogP contribution in [0.25, 0.3) is 0 Å². The number of amides is 1. The van der Waals surface area contributed by atoms with Crippen LogP contribution >= 0.6 is 0 Å². The Morgan fingerprint density at radius 1 is 1.17 bits per heavy atom. The highest BCUT2D eigenvalue weighted by atomic mass is 32.2. The number of hydrogen-bond acceptors (Lipinski definition) is 5. The summed E-state index contributed by atoms with van der Waals surface area (Å²) < 4.78 is 27.2. The number of carbonyl (C=O) groups is 1. The number of piperidine rings is 1. The minimum absolute atomic E-state index is 0.0273. The Bertz CT molecular complexity index is 1150. The quantitative estimate of drug-likeness (QED) is 0.657. The summed E-state index contributed by atoms with van der Waals surface area (Å²) in [4.78, 5) is 40.0. The second-order valence-corrected chi connectivity index (χ2v) is 9.71. The molecule has 3 N–H and O–H groups in total. The number of benzene rings is 1. The second-order valence-electron chi connectivity index (χ2n) is 7.83. The molecule has 1 saturated heterocycles. The predicted octanol–water partition coefficient (Wildman–Crippen LogP) is 1.53. The monoisotopic (exact) mass is 434 g/mol. The smallest absolute Gasteiger partial charge is 0.325 e. The third-order valence-electron chi connectivity index (χ3n) is 5.27. The molecule has 1 aromatic heterocycles. The fraction of sp³-hybridized carbons (Fsp3) is 0.450. The van der Waals surface area contributed by atoms with Crippen molar-refractivity contribution in [1.29, 1.82) is 0 Å². The largest absolute Gasteiger partial charge is 0.326 e. The summed E-state index contributed by atoms with van der Waals surface area (Å²) in [5.41, 5.74) is 0.0474. The number of H-pyrrole nitrogens is 2. The van der Waals surface area contributed by atoms with E-state index in [1.807, 2.05) is 29.2 Å². The number of aromatic amines is 2. The average Bonchev–Trinajstić information content (AvgIpc) is 2.67. The van der Waals surface area contributed by atoms with Gasteiger partial charge in [-0.1, -0.05) is 26.0 Å². The van der Waals surface area contributed by atoms with Crippen molar-refractivity contribution in [3.05, 3.63) is 56.4 Å². The molecule has 0 unspecified atom stereocenters. The minimum atomic E-state index is -4.16. The topological polar surface area (TPSA) is 132 Å². The van der Waals surface area contributed by atoms with Crippen LogP contribution < -0.4 is 16.6 Å². The zero-order valence-corrected chi connectivity index (χ0v) is 18.0. The number of aromatic nitrogens is 2. The molecule has 0 saturated carbocycles. The number of sulfonamides is 1. The Morgan fingerprint density at radius 3 is 2.43 bits per heavy atom. The van der Waals surface area contributed by atoms with Crippen molar-refractivity contribution < 1.29 is 13.2 Å². The molecule has 0 aliphatic carbocycles. The average molecular weight is 435 g/mol. The molecule has 1 amide bonds. The zero-order valence-electron chi connectivity index (χ0n) is 17.2. The van der Waals surface area contributed by atoms with E-state index in [1.54, 1.807) is 0 Å². The predicted molar refractivity (Wildman–Crippen MR) is 113 cm³/mol. The lowest BCUT2D eigenvalue weighted by molar-refractivity contribution is -0.120. The summed E-state index contributed by atoms with van der Waals surface area (Å²) in [5.74, 6) is -0.425. The van der Waals surface area contributed by atoms with Crippen molar-refractivity contribution >= 4 is 21.6 Å². The van der Waals surface area contributed by atoms with Crippen LogP contribution in [0.15, 0.2) is 38.8 Å². The van der Waals surface area contributed by atoms with Gasteiger partial charge in [0.15, 0.2) is 4.90 Å². The van der Waals surface area contributed by atoms with Gasteiger partial charge >= 0.3 is 5.69 Å². The molecule has 3 rings (SSSR count). The van der Waals surface area contributed by atoms with E-state index < -0.39 is 32.1 Å². The second kappa shape index (κ2) is 8.57. The van der Waals surface area contributed by atoms with Gasteiger partial charge in [-0.2, -0.15) is 4.31 Å². The third kappa shape index (κ3) is 4.54. The van der Waals surface area contributed by atoms with Crippen LogP contribution in [0.5, 0.6) is 0 Å². The van der Waals surface area contributed by atoms with Gasteiger partial charge < -0.3 is 10.3 Å². The molecule has 0 spiro atoms. The zero-order chi connectivity index (χ0) is 22.1. The van der Waals surface area contributed by atoms with Crippen molar-refractivity contribution in [2.45, 2.75) is 44.4 Å². The Balaban J connectivity index is 1.77. The molecule has 2 aromatic rings. The normalized spacial score (nSPS) is 17.8. The van der Waals surface area contributed by atoms with Crippen LogP contribution in [0.1, 0.15) is 43.9 Å². The van der Waals surface area contributed by atoms with Crippen LogP contribution in [-0.4, -0.2) is 41.7 Å². The standard InChI is InChI=1S/C20H26N4O5S/c1-12(2)14-6-8-16(9-7-14)22-18(25)15-5-4-10-24(11-15)30(28,29)17-13(3)21-20(27)23-19(17)26/h6-9,12,15H,4-5,10-11H2,1-3H3,(H,22,25)(H2,21,23,26,27)/t15-/m0/s1. The van der Waals surface area contributed by atoms with Crippen LogP contribution in [0.2, 0.25) is 0 Å². The van der Waals surface area contributed by atoms with E-state index in [9.17, 15) is 22.8 Å². The number of aryl methyl sites for hydroxylation is 1. The molecular weight excluding hydrogens is 408 g/mol. The summed E-state index contributed by atoms with van der Waals surface area (Å²) >= 11 is 0. The SMILES string of the molecule is Cc1[nH]c(=O)[nH]c(=O)c1S(=O)(=O)N1CCC[C@H](C(=O)Nc2ccc(C(C)C)cc2)C1. The molecule has 1 aromatic carbocycles. The summed E-state index contributed by atoms with van der Waals surface area (Å²) in [6.45, 7) is 5.70. The highest BCUT2D eigenvalue weighted by Gasteiger charge is 2.35. The van der Waals surface area contributed by atoms with Crippen molar-refractivity contribution in [1.82, 2.24) is 14.3 Å². The van der Waals surface area contributed by atoms with E-state index >= 15 is 0 Å². The molecule has 1 aliphatic heterocycles. The Hall–Kier alpha value is -2.72. The Labute approximate surface area is 174 Å². The molecule has 1 aliphatic rings. The maximum Gasteiger partial charge on any atom is 0.325 e. The lowest BCUT2D eigenvalue weighted by Gasteiger charge is -2.31. The maximum atomic E-state index is 13.0. The first-order valence-electron chi connectivity index (χ1n) is 9.83. The van der Waals surface area contributed by atoms with Crippen LogP contribution in [0.3, 0.4) is 0 Å². The fourth-order valence-electron chi connectivity index (χ4n) is 3.60. The van der Waals surface area contributed by atoms with Crippen molar-refractivity contribution in [2.24, 2.45) is 5.92 Å². The number of nitrogens with zero attached hydrogens (tertiary/aromatic N) is 1.